The maximum absolute atomic E-state index is 6.40. The molecule has 0 aromatic carbocycles. The summed E-state index contributed by atoms with van der Waals surface area (Å²) in [5, 5.41) is 2.11. The third kappa shape index (κ3) is 4.30. The quantitative estimate of drug-likeness (QED) is 0.776. The molecule has 1 saturated carbocycles. The minimum atomic E-state index is 0.0440. The molecule has 2 nitrogen and oxygen atoms in total. The Hall–Kier alpha value is 0.1000. The van der Waals surface area contributed by atoms with Gasteiger partial charge in [0.05, 0.1) is 6.10 Å². The largest absolute Gasteiger partial charge is 0.368 e. The molecule has 0 spiro atoms. The van der Waals surface area contributed by atoms with E-state index in [1.165, 1.54) is 17.7 Å². The van der Waals surface area contributed by atoms with E-state index in [9.17, 15) is 0 Å². The monoisotopic (exact) mass is 359 g/mol. The molecule has 2 N–H and O–H groups in total. The van der Waals surface area contributed by atoms with Crippen LogP contribution in [-0.2, 0) is 4.74 Å². The molecule has 0 aliphatic heterocycles. The number of rotatable bonds is 5. The Bertz CT molecular complexity index is 422. The van der Waals surface area contributed by atoms with Gasteiger partial charge in [-0.25, -0.2) is 0 Å². The van der Waals surface area contributed by atoms with E-state index in [4.69, 9.17) is 10.5 Å². The first-order chi connectivity index (χ1) is 9.41. The Morgan fingerprint density at radius 2 is 2.10 bits per heavy atom. The SMILES string of the molecule is CCC(N)C(OC1CCC(C)(C)CC1)c1cc(Br)cs1. The van der Waals surface area contributed by atoms with Gasteiger partial charge in [0.2, 0.25) is 0 Å². The smallest absolute Gasteiger partial charge is 0.107 e. The van der Waals surface area contributed by atoms with Gasteiger partial charge in [-0.3, -0.25) is 0 Å². The first kappa shape index (κ1) is 16.5. The maximum atomic E-state index is 6.40. The van der Waals surface area contributed by atoms with E-state index < -0.39 is 0 Å². The fourth-order valence-corrected chi connectivity index (χ4v) is 4.34. The molecule has 1 fully saturated rings. The number of ether oxygens (including phenoxy) is 1. The molecule has 0 bridgehead atoms. The molecule has 1 heterocycles. The highest BCUT2D eigenvalue weighted by atomic mass is 79.9. The molecule has 0 amide bonds. The van der Waals surface area contributed by atoms with Gasteiger partial charge >= 0.3 is 0 Å². The summed E-state index contributed by atoms with van der Waals surface area (Å²) in [7, 11) is 0. The van der Waals surface area contributed by atoms with Crippen LogP contribution in [0.2, 0.25) is 0 Å². The molecule has 0 saturated heterocycles. The molecule has 2 rings (SSSR count). The van der Waals surface area contributed by atoms with E-state index in [-0.39, 0.29) is 12.1 Å². The van der Waals surface area contributed by atoms with Gasteiger partial charge in [0.25, 0.3) is 0 Å². The highest BCUT2D eigenvalue weighted by Gasteiger charge is 2.31. The highest BCUT2D eigenvalue weighted by molar-refractivity contribution is 9.10. The second kappa shape index (κ2) is 6.91. The molecule has 1 aromatic rings. The second-order valence-corrected chi connectivity index (χ2v) is 8.52. The molecule has 1 aliphatic rings. The van der Waals surface area contributed by atoms with E-state index in [2.05, 4.69) is 48.1 Å². The Morgan fingerprint density at radius 1 is 1.45 bits per heavy atom. The molecule has 20 heavy (non-hydrogen) atoms. The summed E-state index contributed by atoms with van der Waals surface area (Å²) in [5.74, 6) is 0. The number of hydrogen-bond acceptors (Lipinski definition) is 3. The van der Waals surface area contributed by atoms with Gasteiger partial charge in [0.1, 0.15) is 6.10 Å². The van der Waals surface area contributed by atoms with Gasteiger partial charge < -0.3 is 10.5 Å². The molecular formula is C16H26BrNOS. The number of thiophene rings is 1. The van der Waals surface area contributed by atoms with Crippen LogP contribution in [0.15, 0.2) is 15.9 Å². The van der Waals surface area contributed by atoms with Gasteiger partial charge in [-0.1, -0.05) is 20.8 Å². The molecule has 2 atom stereocenters. The van der Waals surface area contributed by atoms with Crippen LogP contribution in [0.5, 0.6) is 0 Å². The summed E-state index contributed by atoms with van der Waals surface area (Å²) in [5.41, 5.74) is 6.78. The van der Waals surface area contributed by atoms with Crippen LogP contribution in [0.1, 0.15) is 63.9 Å². The fourth-order valence-electron chi connectivity index (χ4n) is 2.79. The molecule has 1 aliphatic carbocycles. The summed E-state index contributed by atoms with van der Waals surface area (Å²) < 4.78 is 7.53. The molecule has 1 aromatic heterocycles. The topological polar surface area (TPSA) is 35.2 Å². The van der Waals surface area contributed by atoms with E-state index in [1.54, 1.807) is 11.3 Å². The summed E-state index contributed by atoms with van der Waals surface area (Å²) in [6.07, 6.45) is 6.17. The minimum Gasteiger partial charge on any atom is -0.368 e. The Morgan fingerprint density at radius 3 is 2.60 bits per heavy atom. The number of hydrogen-bond donors (Lipinski definition) is 1. The zero-order chi connectivity index (χ0) is 14.8. The maximum Gasteiger partial charge on any atom is 0.107 e. The van der Waals surface area contributed by atoms with Crippen molar-refractivity contribution in [3.8, 4) is 0 Å². The van der Waals surface area contributed by atoms with E-state index >= 15 is 0 Å². The summed E-state index contributed by atoms with van der Waals surface area (Å²) in [4.78, 5) is 1.25. The van der Waals surface area contributed by atoms with Crippen molar-refractivity contribution in [2.24, 2.45) is 11.1 Å². The average molecular weight is 360 g/mol. The normalized spacial score (nSPS) is 22.6. The van der Waals surface area contributed by atoms with E-state index in [1.807, 2.05) is 0 Å². The van der Waals surface area contributed by atoms with Gasteiger partial charge in [0.15, 0.2) is 0 Å². The Balaban J connectivity index is 2.02. The van der Waals surface area contributed by atoms with Crippen molar-refractivity contribution >= 4 is 27.3 Å². The summed E-state index contributed by atoms with van der Waals surface area (Å²) in [6, 6.07) is 2.23. The fraction of sp³-hybridized carbons (Fsp3) is 0.750. The van der Waals surface area contributed by atoms with Crippen LogP contribution in [0.25, 0.3) is 0 Å². The van der Waals surface area contributed by atoms with Crippen molar-refractivity contribution in [1.29, 1.82) is 0 Å². The van der Waals surface area contributed by atoms with Crippen LogP contribution in [-0.4, -0.2) is 12.1 Å². The van der Waals surface area contributed by atoms with E-state index in [0.717, 1.165) is 23.7 Å². The molecule has 0 radical (unpaired) electrons. The zero-order valence-electron chi connectivity index (χ0n) is 12.7. The van der Waals surface area contributed by atoms with Crippen LogP contribution in [0, 0.1) is 5.41 Å². The average Bonchev–Trinajstić information content (AvgIpc) is 2.83. The standard InChI is InChI=1S/C16H26BrNOS/c1-4-13(18)15(14-9-11(17)10-20-14)19-12-5-7-16(2,3)8-6-12/h9-10,12-13,15H,4-8,18H2,1-3H3. The van der Waals surface area contributed by atoms with Crippen molar-refractivity contribution in [3.63, 3.8) is 0 Å². The van der Waals surface area contributed by atoms with Gasteiger partial charge in [-0.05, 0) is 59.5 Å². The summed E-state index contributed by atoms with van der Waals surface area (Å²) in [6.45, 7) is 6.84. The van der Waals surface area contributed by atoms with Crippen molar-refractivity contribution < 1.29 is 4.74 Å². The first-order valence-electron chi connectivity index (χ1n) is 7.56. The van der Waals surface area contributed by atoms with Crippen LogP contribution < -0.4 is 5.73 Å². The van der Waals surface area contributed by atoms with Crippen molar-refractivity contribution in [2.45, 2.75) is 71.1 Å². The van der Waals surface area contributed by atoms with E-state index in [0.29, 0.717) is 11.5 Å². The van der Waals surface area contributed by atoms with Crippen LogP contribution in [0.4, 0.5) is 0 Å². The molecule has 4 heteroatoms. The Labute approximate surface area is 135 Å². The highest BCUT2D eigenvalue weighted by Crippen LogP contribution is 2.39. The van der Waals surface area contributed by atoms with Crippen LogP contribution in [0.3, 0.4) is 0 Å². The van der Waals surface area contributed by atoms with Crippen LogP contribution >= 0.6 is 27.3 Å². The third-order valence-corrected chi connectivity index (χ3v) is 6.11. The van der Waals surface area contributed by atoms with Gasteiger partial charge in [0, 0.05) is 20.8 Å². The third-order valence-electron chi connectivity index (χ3n) is 4.35. The molecule has 114 valence electrons. The second-order valence-electron chi connectivity index (χ2n) is 6.66. The van der Waals surface area contributed by atoms with Gasteiger partial charge in [-0.15, -0.1) is 11.3 Å². The number of halogens is 1. The Kier molecular flexibility index (Phi) is 5.69. The predicted molar refractivity (Wildman–Crippen MR) is 90.1 cm³/mol. The molecule has 2 unspecified atom stereocenters. The number of nitrogens with two attached hydrogens (primary N) is 1. The minimum absolute atomic E-state index is 0.0440. The first-order valence-corrected chi connectivity index (χ1v) is 9.23. The lowest BCUT2D eigenvalue weighted by atomic mass is 9.76. The van der Waals surface area contributed by atoms with Crippen molar-refractivity contribution in [1.82, 2.24) is 0 Å². The predicted octanol–water partition coefficient (Wildman–Crippen LogP) is 5.27. The van der Waals surface area contributed by atoms with Crippen molar-refractivity contribution in [3.05, 3.63) is 20.8 Å². The lowest BCUT2D eigenvalue weighted by molar-refractivity contribution is -0.0560. The molecular weight excluding hydrogens is 334 g/mol. The summed E-state index contributed by atoms with van der Waals surface area (Å²) >= 11 is 5.26. The van der Waals surface area contributed by atoms with Gasteiger partial charge in [-0.2, -0.15) is 0 Å². The zero-order valence-corrected chi connectivity index (χ0v) is 15.1. The lowest BCUT2D eigenvalue weighted by Gasteiger charge is -2.36. The lowest BCUT2D eigenvalue weighted by Crippen LogP contribution is -2.34. The van der Waals surface area contributed by atoms with Crippen molar-refractivity contribution in [2.75, 3.05) is 0 Å².